The lowest BCUT2D eigenvalue weighted by Gasteiger charge is -2.17. The molecule has 0 aliphatic heterocycles. The number of fused-ring (bicyclic) bond motifs is 1. The van der Waals surface area contributed by atoms with Crippen LogP contribution in [0, 0.1) is 11.6 Å². The Morgan fingerprint density at radius 1 is 1.14 bits per heavy atom. The third kappa shape index (κ3) is 4.56. The lowest BCUT2D eigenvalue weighted by molar-refractivity contribution is -0.144. The Labute approximate surface area is 200 Å². The number of nitrogen functional groups attached to an aromatic ring is 1. The standard InChI is InChI=1S/C22H18F5N9/c1-2-16(15(35-29)8-30-14-5-3-4-13(23)18(14)24)36-9-12(17-19(28)33-10-34-20(17)36)11-6-31-21(32-7-11)22(25,26)27/h3-10,16H,2,29H2,1H3,(H2,28,33,34). The predicted molar refractivity (Wildman–Crippen MR) is 123 cm³/mol. The summed E-state index contributed by atoms with van der Waals surface area (Å²) in [6.45, 7) is 1.81. The Balaban J connectivity index is 1.81. The number of benzene rings is 1. The summed E-state index contributed by atoms with van der Waals surface area (Å²) in [4.78, 5) is 19.1. The van der Waals surface area contributed by atoms with E-state index in [0.717, 1.165) is 18.5 Å². The maximum Gasteiger partial charge on any atom is 0.451 e. The van der Waals surface area contributed by atoms with Crippen LogP contribution in [0.2, 0.25) is 0 Å². The number of aromatic nitrogens is 5. The minimum absolute atomic E-state index is 0.0743. The van der Waals surface area contributed by atoms with E-state index < -0.39 is 29.7 Å². The van der Waals surface area contributed by atoms with Crippen LogP contribution in [0.15, 0.2) is 53.2 Å². The van der Waals surface area contributed by atoms with Crippen LogP contribution in [-0.2, 0) is 6.18 Å². The van der Waals surface area contributed by atoms with Gasteiger partial charge in [0.15, 0.2) is 11.6 Å². The van der Waals surface area contributed by atoms with Crippen molar-refractivity contribution < 1.29 is 22.0 Å². The van der Waals surface area contributed by atoms with Crippen LogP contribution in [0.1, 0.15) is 25.2 Å². The Bertz CT molecular complexity index is 1460. The lowest BCUT2D eigenvalue weighted by Crippen LogP contribution is -2.21. The summed E-state index contributed by atoms with van der Waals surface area (Å²) in [6.07, 6.45) is 1.74. The van der Waals surface area contributed by atoms with Crippen LogP contribution in [0.5, 0.6) is 0 Å². The average Bonchev–Trinajstić information content (AvgIpc) is 3.24. The third-order valence-corrected chi connectivity index (χ3v) is 5.34. The van der Waals surface area contributed by atoms with Crippen molar-refractivity contribution in [3.8, 4) is 11.1 Å². The molecule has 0 radical (unpaired) electrons. The van der Waals surface area contributed by atoms with Crippen molar-refractivity contribution in [3.05, 3.63) is 60.6 Å². The molecule has 0 bridgehead atoms. The second-order valence-corrected chi connectivity index (χ2v) is 7.51. The summed E-state index contributed by atoms with van der Waals surface area (Å²) in [5.74, 6) is 2.20. The van der Waals surface area contributed by atoms with Crippen LogP contribution >= 0.6 is 0 Å². The largest absolute Gasteiger partial charge is 0.451 e. The summed E-state index contributed by atoms with van der Waals surface area (Å²) in [6, 6.07) is 2.94. The van der Waals surface area contributed by atoms with E-state index in [1.54, 1.807) is 10.8 Å². The van der Waals surface area contributed by atoms with Gasteiger partial charge in [-0.25, -0.2) is 28.7 Å². The van der Waals surface area contributed by atoms with E-state index in [9.17, 15) is 22.0 Å². The number of alkyl halides is 3. The molecule has 3 heterocycles. The molecule has 1 unspecified atom stereocenters. The van der Waals surface area contributed by atoms with E-state index in [1.807, 2.05) is 6.92 Å². The minimum Gasteiger partial charge on any atom is -0.383 e. The fraction of sp³-hybridized carbons (Fsp3) is 0.182. The number of rotatable bonds is 6. The van der Waals surface area contributed by atoms with Gasteiger partial charge in [-0.15, -0.1) is 0 Å². The molecule has 0 saturated carbocycles. The molecule has 9 nitrogen and oxygen atoms in total. The first kappa shape index (κ1) is 24.6. The zero-order valence-electron chi connectivity index (χ0n) is 18.6. The molecule has 4 aromatic rings. The first-order valence-electron chi connectivity index (χ1n) is 10.4. The number of aliphatic imine (C=N–C) groups is 1. The Kier molecular flexibility index (Phi) is 6.59. The predicted octanol–water partition coefficient (Wildman–Crippen LogP) is 4.44. The van der Waals surface area contributed by atoms with Crippen LogP contribution < -0.4 is 11.6 Å². The Morgan fingerprint density at radius 2 is 1.86 bits per heavy atom. The maximum atomic E-state index is 14.0. The maximum absolute atomic E-state index is 14.0. The molecule has 0 spiro atoms. The smallest absolute Gasteiger partial charge is 0.383 e. The molecule has 0 aliphatic carbocycles. The van der Waals surface area contributed by atoms with Gasteiger partial charge in [-0.2, -0.15) is 18.3 Å². The summed E-state index contributed by atoms with van der Waals surface area (Å²) in [5, 5.41) is 4.11. The Hall–Kier alpha value is -4.49. The average molecular weight is 503 g/mol. The highest BCUT2D eigenvalue weighted by Gasteiger charge is 2.34. The van der Waals surface area contributed by atoms with E-state index in [-0.39, 0.29) is 22.8 Å². The van der Waals surface area contributed by atoms with Gasteiger partial charge in [0.2, 0.25) is 5.82 Å². The number of nitrogens with two attached hydrogens (primary N) is 2. The lowest BCUT2D eigenvalue weighted by atomic mass is 10.1. The first-order valence-corrected chi connectivity index (χ1v) is 10.4. The van der Waals surface area contributed by atoms with Gasteiger partial charge in [0.05, 0.1) is 17.6 Å². The van der Waals surface area contributed by atoms with Crippen molar-refractivity contribution in [1.29, 1.82) is 0 Å². The number of hydrogen-bond acceptors (Lipinski definition) is 8. The molecule has 1 aromatic carbocycles. The van der Waals surface area contributed by atoms with E-state index >= 15 is 0 Å². The Morgan fingerprint density at radius 3 is 2.50 bits per heavy atom. The van der Waals surface area contributed by atoms with Crippen molar-refractivity contribution in [2.75, 3.05) is 5.73 Å². The van der Waals surface area contributed by atoms with Crippen LogP contribution in [0.3, 0.4) is 0 Å². The van der Waals surface area contributed by atoms with Crippen LogP contribution in [0.25, 0.3) is 22.2 Å². The fourth-order valence-electron chi connectivity index (χ4n) is 3.66. The van der Waals surface area contributed by atoms with E-state index in [2.05, 4.69) is 30.0 Å². The SMILES string of the molecule is CCC(C(C=Nc1cccc(F)c1F)=NN)n1cc(-c2cnc(C(F)(F)F)nc2)c2c(N)ncnc21. The first-order chi connectivity index (χ1) is 17.2. The van der Waals surface area contributed by atoms with Gasteiger partial charge >= 0.3 is 6.18 Å². The highest BCUT2D eigenvalue weighted by atomic mass is 19.4. The van der Waals surface area contributed by atoms with Crippen molar-refractivity contribution in [2.45, 2.75) is 25.6 Å². The van der Waals surface area contributed by atoms with Gasteiger partial charge in [-0.1, -0.05) is 13.0 Å². The molecular formula is C22H18F5N9. The minimum atomic E-state index is -4.70. The van der Waals surface area contributed by atoms with Crippen LogP contribution in [-0.4, -0.2) is 36.4 Å². The summed E-state index contributed by atoms with van der Waals surface area (Å²) < 4.78 is 67.9. The van der Waals surface area contributed by atoms with Gasteiger partial charge in [-0.05, 0) is 18.6 Å². The van der Waals surface area contributed by atoms with Crippen molar-refractivity contribution in [2.24, 2.45) is 15.9 Å². The van der Waals surface area contributed by atoms with E-state index in [4.69, 9.17) is 11.6 Å². The molecule has 36 heavy (non-hydrogen) atoms. The molecular weight excluding hydrogens is 485 g/mol. The van der Waals surface area contributed by atoms with Crippen molar-refractivity contribution in [1.82, 2.24) is 24.5 Å². The van der Waals surface area contributed by atoms with E-state index in [0.29, 0.717) is 23.0 Å². The van der Waals surface area contributed by atoms with Gasteiger partial charge in [0.1, 0.15) is 29.2 Å². The molecule has 14 heteroatoms. The molecule has 186 valence electrons. The molecule has 1 atom stereocenters. The molecule has 3 aromatic heterocycles. The fourth-order valence-corrected chi connectivity index (χ4v) is 3.66. The van der Waals surface area contributed by atoms with Gasteiger partial charge < -0.3 is 16.1 Å². The van der Waals surface area contributed by atoms with E-state index in [1.165, 1.54) is 24.7 Å². The number of nitrogens with zero attached hydrogens (tertiary/aromatic N) is 7. The third-order valence-electron chi connectivity index (χ3n) is 5.34. The molecule has 4 rings (SSSR count). The number of hydrogen-bond donors (Lipinski definition) is 2. The zero-order chi connectivity index (χ0) is 26.0. The molecule has 0 fully saturated rings. The highest BCUT2D eigenvalue weighted by Crippen LogP contribution is 2.35. The zero-order valence-corrected chi connectivity index (χ0v) is 18.6. The van der Waals surface area contributed by atoms with Crippen LogP contribution in [0.4, 0.5) is 33.5 Å². The quantitative estimate of drug-likeness (QED) is 0.173. The topological polar surface area (TPSA) is 133 Å². The summed E-state index contributed by atoms with van der Waals surface area (Å²) in [5.41, 5.74) is 6.96. The highest BCUT2D eigenvalue weighted by molar-refractivity contribution is 6.32. The molecule has 0 amide bonds. The molecule has 4 N–H and O–H groups in total. The number of anilines is 1. The second-order valence-electron chi connectivity index (χ2n) is 7.51. The summed E-state index contributed by atoms with van der Waals surface area (Å²) >= 11 is 0. The summed E-state index contributed by atoms with van der Waals surface area (Å²) in [7, 11) is 0. The molecule has 0 saturated heterocycles. The normalized spacial score (nSPS) is 13.6. The van der Waals surface area contributed by atoms with Gasteiger partial charge in [0, 0.05) is 29.7 Å². The number of hydrazone groups is 1. The van der Waals surface area contributed by atoms with Crippen molar-refractivity contribution in [3.63, 3.8) is 0 Å². The van der Waals surface area contributed by atoms with Gasteiger partial charge in [-0.3, -0.25) is 4.99 Å². The van der Waals surface area contributed by atoms with Crippen molar-refractivity contribution >= 4 is 34.5 Å². The monoisotopic (exact) mass is 503 g/mol. The van der Waals surface area contributed by atoms with Gasteiger partial charge in [0.25, 0.3) is 0 Å². The number of halogens is 5. The molecule has 0 aliphatic rings. The second kappa shape index (κ2) is 9.64.